The van der Waals surface area contributed by atoms with Gasteiger partial charge in [0, 0.05) is 16.4 Å². The van der Waals surface area contributed by atoms with Gasteiger partial charge in [0.2, 0.25) is 5.82 Å². The number of hydrogen-bond acceptors (Lipinski definition) is 6. The zero-order chi connectivity index (χ0) is 17.2. The normalized spacial score (nSPS) is 11.1. The fourth-order valence-corrected chi connectivity index (χ4v) is 3.68. The third-order valence-corrected chi connectivity index (χ3v) is 5.02. The molecule has 124 valence electrons. The quantitative estimate of drug-likeness (QED) is 0.352. The summed E-state index contributed by atoms with van der Waals surface area (Å²) in [7, 11) is 0. The molecule has 4 rings (SSSR count). The van der Waals surface area contributed by atoms with Gasteiger partial charge in [0.15, 0.2) is 10.9 Å². The summed E-state index contributed by atoms with van der Waals surface area (Å²) < 4.78 is 8.38. The third kappa shape index (κ3) is 3.10. The van der Waals surface area contributed by atoms with E-state index in [2.05, 4.69) is 42.7 Å². The highest BCUT2D eigenvalue weighted by molar-refractivity contribution is 9.10. The van der Waals surface area contributed by atoms with Crippen LogP contribution in [0.4, 0.5) is 0 Å². The summed E-state index contributed by atoms with van der Waals surface area (Å²) in [5, 5.41) is 11.1. The summed E-state index contributed by atoms with van der Waals surface area (Å²) in [5.41, 5.74) is 0.877. The minimum atomic E-state index is 0.568. The van der Waals surface area contributed by atoms with E-state index in [0.717, 1.165) is 20.4 Å². The van der Waals surface area contributed by atoms with Crippen LogP contribution in [0.2, 0.25) is 0 Å². The minimum Gasteiger partial charge on any atom is -0.461 e. The number of allylic oxidation sites excluding steroid dienone is 1. The molecule has 0 fully saturated rings. The zero-order valence-electron chi connectivity index (χ0n) is 13.0. The van der Waals surface area contributed by atoms with E-state index in [4.69, 9.17) is 4.42 Å². The summed E-state index contributed by atoms with van der Waals surface area (Å²) in [6.45, 7) is 4.39. The van der Waals surface area contributed by atoms with E-state index in [1.807, 2.05) is 34.9 Å². The van der Waals surface area contributed by atoms with Crippen LogP contribution in [0.1, 0.15) is 0 Å². The highest BCUT2D eigenvalue weighted by atomic mass is 79.9. The molecule has 3 heterocycles. The maximum Gasteiger partial charge on any atom is 0.200 e. The number of fused-ring (bicyclic) bond motifs is 1. The first kappa shape index (κ1) is 16.0. The second-order valence-electron chi connectivity index (χ2n) is 5.13. The van der Waals surface area contributed by atoms with Crippen LogP contribution >= 0.6 is 27.7 Å². The van der Waals surface area contributed by atoms with Crippen LogP contribution in [0.15, 0.2) is 74.6 Å². The summed E-state index contributed by atoms with van der Waals surface area (Å²) in [6.07, 6.45) is 4.97. The Kier molecular flexibility index (Phi) is 4.37. The standard InChI is InChI=1S/C17H12BrN5OS/c1-2-7-23-15(14-4-3-8-24-14)21-22-17(23)25-16-12-9-11(18)5-6-13(12)19-10-20-16/h2-6,8-10H,1,7H2. The van der Waals surface area contributed by atoms with Gasteiger partial charge in [0.05, 0.1) is 11.8 Å². The molecule has 0 saturated heterocycles. The lowest BCUT2D eigenvalue weighted by atomic mass is 10.2. The van der Waals surface area contributed by atoms with Crippen molar-refractivity contribution in [1.29, 1.82) is 0 Å². The highest BCUT2D eigenvalue weighted by Crippen LogP contribution is 2.33. The van der Waals surface area contributed by atoms with Crippen molar-refractivity contribution < 1.29 is 4.42 Å². The maximum atomic E-state index is 5.46. The van der Waals surface area contributed by atoms with E-state index in [0.29, 0.717) is 23.3 Å². The predicted molar refractivity (Wildman–Crippen MR) is 99.3 cm³/mol. The van der Waals surface area contributed by atoms with E-state index in [9.17, 15) is 0 Å². The largest absolute Gasteiger partial charge is 0.461 e. The molecule has 0 saturated carbocycles. The van der Waals surface area contributed by atoms with Gasteiger partial charge in [-0.2, -0.15) is 0 Å². The third-order valence-electron chi connectivity index (χ3n) is 3.52. The Balaban J connectivity index is 1.79. The summed E-state index contributed by atoms with van der Waals surface area (Å²) in [5.74, 6) is 1.32. The summed E-state index contributed by atoms with van der Waals surface area (Å²) >= 11 is 4.94. The first-order valence-electron chi connectivity index (χ1n) is 7.42. The Hall–Kier alpha value is -2.45. The number of aromatic nitrogens is 5. The van der Waals surface area contributed by atoms with Gasteiger partial charge in [0.25, 0.3) is 0 Å². The molecule has 0 radical (unpaired) electrons. The van der Waals surface area contributed by atoms with E-state index in [1.165, 1.54) is 11.8 Å². The number of furan rings is 1. The predicted octanol–water partition coefficient (Wildman–Crippen LogP) is 4.58. The van der Waals surface area contributed by atoms with Gasteiger partial charge in [-0.3, -0.25) is 4.57 Å². The Bertz CT molecular complexity index is 1040. The van der Waals surface area contributed by atoms with Gasteiger partial charge < -0.3 is 4.42 Å². The molecule has 0 aliphatic carbocycles. The van der Waals surface area contributed by atoms with Crippen molar-refractivity contribution in [3.8, 4) is 11.6 Å². The lowest BCUT2D eigenvalue weighted by Crippen LogP contribution is -2.00. The van der Waals surface area contributed by atoms with Crippen LogP contribution in [0.5, 0.6) is 0 Å². The van der Waals surface area contributed by atoms with Gasteiger partial charge >= 0.3 is 0 Å². The van der Waals surface area contributed by atoms with E-state index < -0.39 is 0 Å². The molecule has 0 aliphatic heterocycles. The number of halogens is 1. The van der Waals surface area contributed by atoms with Crippen molar-refractivity contribution in [2.75, 3.05) is 0 Å². The lowest BCUT2D eigenvalue weighted by Gasteiger charge is -2.07. The Morgan fingerprint density at radius 3 is 2.96 bits per heavy atom. The maximum absolute atomic E-state index is 5.46. The number of benzene rings is 1. The van der Waals surface area contributed by atoms with E-state index >= 15 is 0 Å². The molecule has 25 heavy (non-hydrogen) atoms. The Labute approximate surface area is 156 Å². The molecule has 0 spiro atoms. The molecule has 4 aromatic rings. The molecule has 8 heteroatoms. The molecule has 0 amide bonds. The van der Waals surface area contributed by atoms with Crippen molar-refractivity contribution >= 4 is 38.6 Å². The first-order valence-corrected chi connectivity index (χ1v) is 9.03. The fraction of sp³-hybridized carbons (Fsp3) is 0.0588. The van der Waals surface area contributed by atoms with Gasteiger partial charge in [0.1, 0.15) is 11.4 Å². The average Bonchev–Trinajstić information content (AvgIpc) is 3.26. The zero-order valence-corrected chi connectivity index (χ0v) is 15.4. The number of rotatable bonds is 5. The minimum absolute atomic E-state index is 0.568. The van der Waals surface area contributed by atoms with E-state index in [-0.39, 0.29) is 0 Å². The smallest absolute Gasteiger partial charge is 0.200 e. The van der Waals surface area contributed by atoms with Crippen molar-refractivity contribution in [2.24, 2.45) is 0 Å². The van der Waals surface area contributed by atoms with Crippen LogP contribution in [-0.2, 0) is 6.54 Å². The van der Waals surface area contributed by atoms with Gasteiger partial charge in [-0.05, 0) is 42.1 Å². The molecule has 0 N–H and O–H groups in total. The molecule has 0 bridgehead atoms. The fourth-order valence-electron chi connectivity index (χ4n) is 2.42. The van der Waals surface area contributed by atoms with Crippen LogP contribution in [-0.4, -0.2) is 24.7 Å². The van der Waals surface area contributed by atoms with Crippen LogP contribution < -0.4 is 0 Å². The molecule has 1 aromatic carbocycles. The lowest BCUT2D eigenvalue weighted by molar-refractivity contribution is 0.569. The van der Waals surface area contributed by atoms with Crippen LogP contribution in [0.25, 0.3) is 22.5 Å². The van der Waals surface area contributed by atoms with Crippen molar-refractivity contribution in [2.45, 2.75) is 16.7 Å². The molecule has 6 nitrogen and oxygen atoms in total. The van der Waals surface area contributed by atoms with Crippen molar-refractivity contribution in [3.63, 3.8) is 0 Å². The Morgan fingerprint density at radius 1 is 1.24 bits per heavy atom. The molecule has 0 atom stereocenters. The van der Waals surface area contributed by atoms with E-state index in [1.54, 1.807) is 18.7 Å². The summed E-state index contributed by atoms with van der Waals surface area (Å²) in [4.78, 5) is 8.73. The first-order chi connectivity index (χ1) is 12.3. The average molecular weight is 414 g/mol. The molecular formula is C17H12BrN5OS. The SMILES string of the molecule is C=CCn1c(Sc2ncnc3ccc(Br)cc23)nnc1-c1ccco1. The second kappa shape index (κ2) is 6.81. The molecule has 0 unspecified atom stereocenters. The topological polar surface area (TPSA) is 69.6 Å². The molecular weight excluding hydrogens is 402 g/mol. The highest BCUT2D eigenvalue weighted by Gasteiger charge is 2.17. The van der Waals surface area contributed by atoms with Gasteiger partial charge in [-0.25, -0.2) is 9.97 Å². The monoisotopic (exact) mass is 413 g/mol. The van der Waals surface area contributed by atoms with Crippen molar-refractivity contribution in [1.82, 2.24) is 24.7 Å². The molecule has 0 aliphatic rings. The Morgan fingerprint density at radius 2 is 2.16 bits per heavy atom. The van der Waals surface area contributed by atoms with Crippen molar-refractivity contribution in [3.05, 3.63) is 60.0 Å². The van der Waals surface area contributed by atoms with Crippen LogP contribution in [0.3, 0.4) is 0 Å². The van der Waals surface area contributed by atoms with Gasteiger partial charge in [-0.15, -0.1) is 16.8 Å². The molecule has 3 aromatic heterocycles. The second-order valence-corrected chi connectivity index (χ2v) is 7.00. The number of nitrogens with zero attached hydrogens (tertiary/aromatic N) is 5. The summed E-state index contributed by atoms with van der Waals surface area (Å²) in [6, 6.07) is 9.59. The van der Waals surface area contributed by atoms with Crippen LogP contribution in [0, 0.1) is 0 Å². The number of hydrogen-bond donors (Lipinski definition) is 0. The van der Waals surface area contributed by atoms with Gasteiger partial charge in [-0.1, -0.05) is 22.0 Å².